The van der Waals surface area contributed by atoms with E-state index in [9.17, 15) is 4.39 Å². The Bertz CT molecular complexity index is 87.1. The van der Waals surface area contributed by atoms with Crippen LogP contribution in [0.5, 0.6) is 0 Å². The maximum atomic E-state index is 12.6. The van der Waals surface area contributed by atoms with Crippen LogP contribution in [0.2, 0.25) is 0 Å². The number of rotatable bonds is 1. The minimum Gasteiger partial charge on any atom is -0.325 e. The van der Waals surface area contributed by atoms with Crippen LogP contribution in [-0.2, 0) is 0 Å². The zero-order valence-electron chi connectivity index (χ0n) is 5.60. The summed E-state index contributed by atoms with van der Waals surface area (Å²) in [4.78, 5) is 0. The van der Waals surface area contributed by atoms with Crippen molar-refractivity contribution in [3.05, 3.63) is 0 Å². The summed E-state index contributed by atoms with van der Waals surface area (Å²) in [6.45, 7) is 0. The first-order valence-corrected chi connectivity index (χ1v) is 3.31. The first-order chi connectivity index (χ1) is 4.24. The van der Waals surface area contributed by atoms with Gasteiger partial charge in [0.25, 0.3) is 0 Å². The van der Waals surface area contributed by atoms with Gasteiger partial charge in [0.2, 0.25) is 0 Å². The van der Waals surface area contributed by atoms with E-state index in [0.717, 1.165) is 6.42 Å². The minimum absolute atomic E-state index is 0.234. The first kappa shape index (κ1) is 6.96. The normalized spacial score (nSPS) is 43.7. The van der Waals surface area contributed by atoms with Crippen LogP contribution in [0.3, 0.4) is 0 Å². The van der Waals surface area contributed by atoms with E-state index in [-0.39, 0.29) is 6.04 Å². The van der Waals surface area contributed by atoms with Crippen LogP contribution >= 0.6 is 0 Å². The van der Waals surface area contributed by atoms with Gasteiger partial charge >= 0.3 is 0 Å². The highest BCUT2D eigenvalue weighted by molar-refractivity contribution is 4.89. The van der Waals surface area contributed by atoms with Gasteiger partial charge in [0.1, 0.15) is 6.17 Å². The highest BCUT2D eigenvalue weighted by atomic mass is 19.1. The molecule has 0 aromatic heterocycles. The Morgan fingerprint density at radius 2 is 2.22 bits per heavy atom. The summed E-state index contributed by atoms with van der Waals surface area (Å²) >= 11 is 0. The highest BCUT2D eigenvalue weighted by Crippen LogP contribution is 2.20. The van der Waals surface area contributed by atoms with Gasteiger partial charge in [0.15, 0.2) is 0 Å². The largest absolute Gasteiger partial charge is 0.325 e. The van der Waals surface area contributed by atoms with Gasteiger partial charge in [-0.05, 0) is 19.9 Å². The fourth-order valence-electron chi connectivity index (χ4n) is 1.25. The fraction of sp³-hybridized carbons (Fsp3) is 1.00. The molecule has 1 rings (SSSR count). The molecule has 3 heteroatoms. The van der Waals surface area contributed by atoms with Crippen molar-refractivity contribution in [2.45, 2.75) is 31.1 Å². The Kier molecular flexibility index (Phi) is 2.03. The molecular formula is C6H13FN2. The van der Waals surface area contributed by atoms with Crippen LogP contribution in [0.1, 0.15) is 12.8 Å². The van der Waals surface area contributed by atoms with Crippen LogP contribution < -0.4 is 11.1 Å². The zero-order chi connectivity index (χ0) is 6.85. The van der Waals surface area contributed by atoms with Crippen LogP contribution in [0, 0.1) is 0 Å². The summed E-state index contributed by atoms with van der Waals surface area (Å²) in [6, 6.07) is 0.0671. The topological polar surface area (TPSA) is 38.0 Å². The van der Waals surface area contributed by atoms with Crippen molar-refractivity contribution in [1.82, 2.24) is 5.32 Å². The Labute approximate surface area is 54.6 Å². The van der Waals surface area contributed by atoms with E-state index in [1.165, 1.54) is 0 Å². The molecule has 0 aromatic carbocycles. The molecule has 0 aliphatic heterocycles. The lowest BCUT2D eigenvalue weighted by Gasteiger charge is -2.04. The molecule has 0 aromatic rings. The molecule has 9 heavy (non-hydrogen) atoms. The molecular weight excluding hydrogens is 119 g/mol. The van der Waals surface area contributed by atoms with E-state index in [0.29, 0.717) is 12.5 Å². The second-order valence-electron chi connectivity index (χ2n) is 2.64. The molecule has 2 nitrogen and oxygen atoms in total. The minimum atomic E-state index is -0.789. The predicted molar refractivity (Wildman–Crippen MR) is 35.0 cm³/mol. The molecule has 0 bridgehead atoms. The van der Waals surface area contributed by atoms with Gasteiger partial charge in [0.05, 0.1) is 0 Å². The molecule has 0 radical (unpaired) electrons. The molecule has 1 aliphatic rings. The number of hydrogen-bond donors (Lipinski definition) is 2. The van der Waals surface area contributed by atoms with Crippen LogP contribution in [0.25, 0.3) is 0 Å². The molecule has 1 saturated carbocycles. The average molecular weight is 132 g/mol. The summed E-state index contributed by atoms with van der Waals surface area (Å²) < 4.78 is 12.6. The van der Waals surface area contributed by atoms with E-state index >= 15 is 0 Å². The Hall–Kier alpha value is -0.150. The summed E-state index contributed by atoms with van der Waals surface area (Å²) in [5, 5.41) is 3.00. The summed E-state index contributed by atoms with van der Waals surface area (Å²) in [6.07, 6.45) is 0.567. The van der Waals surface area contributed by atoms with E-state index in [1.807, 2.05) is 7.05 Å². The lowest BCUT2D eigenvalue weighted by Crippen LogP contribution is -2.26. The second kappa shape index (κ2) is 2.62. The van der Waals surface area contributed by atoms with Crippen molar-refractivity contribution in [2.24, 2.45) is 5.73 Å². The number of halogens is 1. The van der Waals surface area contributed by atoms with Crippen molar-refractivity contribution in [2.75, 3.05) is 7.05 Å². The Morgan fingerprint density at radius 1 is 1.56 bits per heavy atom. The molecule has 0 unspecified atom stereocenters. The van der Waals surface area contributed by atoms with E-state index < -0.39 is 6.17 Å². The number of hydrogen-bond acceptors (Lipinski definition) is 2. The van der Waals surface area contributed by atoms with Gasteiger partial charge in [-0.2, -0.15) is 0 Å². The fourth-order valence-corrected chi connectivity index (χ4v) is 1.25. The van der Waals surface area contributed by atoms with E-state index in [4.69, 9.17) is 5.73 Å². The van der Waals surface area contributed by atoms with Crippen LogP contribution in [0.4, 0.5) is 4.39 Å². The maximum Gasteiger partial charge on any atom is 0.117 e. The Balaban J connectivity index is 2.35. The average Bonchev–Trinajstić information content (AvgIpc) is 2.13. The molecule has 54 valence electrons. The molecule has 0 spiro atoms. The van der Waals surface area contributed by atoms with Crippen molar-refractivity contribution in [1.29, 1.82) is 0 Å². The second-order valence-corrected chi connectivity index (χ2v) is 2.64. The molecule has 1 aliphatic carbocycles. The molecule has 0 amide bonds. The molecule has 1 fully saturated rings. The standard InChI is InChI=1S/C6H13FN2/c1-9-4-2-5(7)6(8)3-4/h4-6,9H,2-3,8H2,1H3/t4-,5-,6+/m1/s1. The highest BCUT2D eigenvalue weighted by Gasteiger charge is 2.30. The molecule has 3 atom stereocenters. The van der Waals surface area contributed by atoms with Crippen molar-refractivity contribution in [3.8, 4) is 0 Å². The Morgan fingerprint density at radius 3 is 2.44 bits per heavy atom. The van der Waals surface area contributed by atoms with Crippen molar-refractivity contribution in [3.63, 3.8) is 0 Å². The maximum absolute atomic E-state index is 12.6. The molecule has 0 heterocycles. The number of nitrogens with two attached hydrogens (primary N) is 1. The van der Waals surface area contributed by atoms with E-state index in [1.54, 1.807) is 0 Å². The summed E-state index contributed by atoms with van der Waals surface area (Å²) in [5.41, 5.74) is 5.43. The van der Waals surface area contributed by atoms with Gasteiger partial charge in [0, 0.05) is 12.1 Å². The quantitative estimate of drug-likeness (QED) is 0.528. The van der Waals surface area contributed by atoms with Gasteiger partial charge < -0.3 is 11.1 Å². The van der Waals surface area contributed by atoms with Gasteiger partial charge in [-0.3, -0.25) is 0 Å². The smallest absolute Gasteiger partial charge is 0.117 e. The lowest BCUT2D eigenvalue weighted by molar-refractivity contribution is 0.309. The third kappa shape index (κ3) is 1.40. The lowest BCUT2D eigenvalue weighted by atomic mass is 10.2. The van der Waals surface area contributed by atoms with Crippen LogP contribution in [0.15, 0.2) is 0 Å². The van der Waals surface area contributed by atoms with E-state index in [2.05, 4.69) is 5.32 Å². The predicted octanol–water partition coefficient (Wildman–Crippen LogP) is 0.0336. The monoisotopic (exact) mass is 132 g/mol. The van der Waals surface area contributed by atoms with Crippen molar-refractivity contribution < 1.29 is 4.39 Å². The first-order valence-electron chi connectivity index (χ1n) is 3.31. The van der Waals surface area contributed by atoms with Gasteiger partial charge in [-0.25, -0.2) is 4.39 Å². The molecule has 3 N–H and O–H groups in total. The zero-order valence-corrected chi connectivity index (χ0v) is 5.60. The summed E-state index contributed by atoms with van der Waals surface area (Å²) in [7, 11) is 1.84. The number of nitrogens with one attached hydrogen (secondary N) is 1. The third-order valence-electron chi connectivity index (χ3n) is 1.94. The SMILES string of the molecule is CN[C@@H]1C[C@@H](F)[C@@H](N)C1. The van der Waals surface area contributed by atoms with Crippen LogP contribution in [-0.4, -0.2) is 25.3 Å². The third-order valence-corrected chi connectivity index (χ3v) is 1.94. The van der Waals surface area contributed by atoms with Gasteiger partial charge in [-0.15, -0.1) is 0 Å². The molecule has 0 saturated heterocycles. The summed E-state index contributed by atoms with van der Waals surface area (Å²) in [5.74, 6) is 0. The van der Waals surface area contributed by atoms with Crippen molar-refractivity contribution >= 4 is 0 Å². The van der Waals surface area contributed by atoms with Gasteiger partial charge in [-0.1, -0.05) is 0 Å². The number of alkyl halides is 1.